The van der Waals surface area contributed by atoms with Crippen molar-refractivity contribution in [3.63, 3.8) is 0 Å². The number of rotatable bonds is 5. The summed E-state index contributed by atoms with van der Waals surface area (Å²) in [5, 5.41) is 14.4. The van der Waals surface area contributed by atoms with E-state index >= 15 is 0 Å². The average molecular weight is 324 g/mol. The van der Waals surface area contributed by atoms with Crippen molar-refractivity contribution in [3.05, 3.63) is 34.6 Å². The molecular formula is C14H18ClN5O2. The Hall–Kier alpha value is -1.99. The summed E-state index contributed by atoms with van der Waals surface area (Å²) in [7, 11) is 0. The summed E-state index contributed by atoms with van der Waals surface area (Å²) in [5.41, 5.74) is 0.359. The molecule has 2 N–H and O–H groups in total. The van der Waals surface area contributed by atoms with Gasteiger partial charge in [-0.25, -0.2) is 4.68 Å². The second-order valence-electron chi connectivity index (χ2n) is 5.21. The molecule has 22 heavy (non-hydrogen) atoms. The number of fused-ring (bicyclic) bond motifs is 1. The minimum atomic E-state index is -0.211. The van der Waals surface area contributed by atoms with E-state index in [2.05, 4.69) is 20.9 Å². The molecule has 0 aliphatic carbocycles. The Morgan fingerprint density at radius 3 is 2.86 bits per heavy atom. The molecule has 1 fully saturated rings. The molecule has 3 rings (SSSR count). The minimum Gasteiger partial charge on any atom is -0.356 e. The van der Waals surface area contributed by atoms with Crippen LogP contribution in [0, 0.1) is 5.92 Å². The fourth-order valence-corrected chi connectivity index (χ4v) is 2.22. The van der Waals surface area contributed by atoms with E-state index in [-0.39, 0.29) is 36.8 Å². The van der Waals surface area contributed by atoms with E-state index < -0.39 is 0 Å². The van der Waals surface area contributed by atoms with Gasteiger partial charge in [0.25, 0.3) is 5.56 Å². The normalized spacial score (nSPS) is 14.2. The van der Waals surface area contributed by atoms with E-state index in [1.54, 1.807) is 18.2 Å². The van der Waals surface area contributed by atoms with E-state index in [4.69, 9.17) is 0 Å². The molecule has 2 heterocycles. The van der Waals surface area contributed by atoms with Gasteiger partial charge in [-0.2, -0.15) is 0 Å². The lowest BCUT2D eigenvalue weighted by molar-refractivity contribution is -0.121. The molecule has 0 unspecified atom stereocenters. The van der Waals surface area contributed by atoms with Crippen LogP contribution >= 0.6 is 12.4 Å². The van der Waals surface area contributed by atoms with Crippen molar-refractivity contribution in [2.75, 3.05) is 19.6 Å². The van der Waals surface area contributed by atoms with Gasteiger partial charge in [-0.05, 0) is 12.1 Å². The number of hydrogen-bond donors (Lipinski definition) is 2. The van der Waals surface area contributed by atoms with Crippen LogP contribution in [0.3, 0.4) is 0 Å². The Morgan fingerprint density at radius 2 is 2.14 bits per heavy atom. The highest BCUT2D eigenvalue weighted by Gasteiger charge is 2.17. The minimum absolute atomic E-state index is 0. The lowest BCUT2D eigenvalue weighted by Gasteiger charge is -2.27. The first-order chi connectivity index (χ1) is 10.2. The van der Waals surface area contributed by atoms with E-state index in [1.165, 1.54) is 4.68 Å². The Labute approximate surface area is 133 Å². The number of carbonyl (C=O) groups excluding carboxylic acids is 1. The summed E-state index contributed by atoms with van der Waals surface area (Å²) >= 11 is 0. The SMILES string of the molecule is Cl.O=C(CCn1nnc2ccccc2c1=O)NCC1CNC1. The fourth-order valence-electron chi connectivity index (χ4n) is 2.22. The second kappa shape index (κ2) is 7.33. The lowest BCUT2D eigenvalue weighted by Crippen LogP contribution is -2.48. The first-order valence-corrected chi connectivity index (χ1v) is 7.04. The molecule has 118 valence electrons. The number of aromatic nitrogens is 3. The standard InChI is InChI=1S/C14H17N5O2.ClH/c20-13(16-9-10-7-15-8-10)5-6-19-14(21)11-3-1-2-4-12(11)17-18-19;/h1-4,10,15H,5-9H2,(H,16,20);1H. The number of halogens is 1. The molecule has 1 aromatic carbocycles. The van der Waals surface area contributed by atoms with Gasteiger partial charge in [0.15, 0.2) is 0 Å². The zero-order valence-corrected chi connectivity index (χ0v) is 12.8. The third-order valence-electron chi connectivity index (χ3n) is 3.63. The molecule has 1 amide bonds. The number of benzene rings is 1. The average Bonchev–Trinajstić information content (AvgIpc) is 2.45. The highest BCUT2D eigenvalue weighted by molar-refractivity contribution is 5.85. The van der Waals surface area contributed by atoms with Crippen LogP contribution in [0.15, 0.2) is 29.1 Å². The Bertz CT molecular complexity index is 714. The van der Waals surface area contributed by atoms with Crippen LogP contribution < -0.4 is 16.2 Å². The first-order valence-electron chi connectivity index (χ1n) is 7.04. The smallest absolute Gasteiger partial charge is 0.277 e. The van der Waals surface area contributed by atoms with Gasteiger partial charge in [0.05, 0.1) is 11.9 Å². The molecule has 0 atom stereocenters. The van der Waals surface area contributed by atoms with Crippen LogP contribution in [-0.4, -0.2) is 40.5 Å². The predicted molar refractivity (Wildman–Crippen MR) is 85.0 cm³/mol. The number of amides is 1. The van der Waals surface area contributed by atoms with Crippen molar-refractivity contribution >= 4 is 29.2 Å². The van der Waals surface area contributed by atoms with Gasteiger partial charge in [0, 0.05) is 32.0 Å². The molecule has 0 spiro atoms. The quantitative estimate of drug-likeness (QED) is 0.804. The summed E-state index contributed by atoms with van der Waals surface area (Å²) in [6, 6.07) is 7.05. The van der Waals surface area contributed by atoms with E-state index in [9.17, 15) is 9.59 Å². The Morgan fingerprint density at radius 1 is 1.36 bits per heavy atom. The molecule has 1 saturated heterocycles. The summed E-state index contributed by atoms with van der Waals surface area (Å²) in [5.74, 6) is 0.459. The van der Waals surface area contributed by atoms with Crippen molar-refractivity contribution in [2.45, 2.75) is 13.0 Å². The maximum absolute atomic E-state index is 12.2. The van der Waals surface area contributed by atoms with Crippen molar-refractivity contribution in [1.29, 1.82) is 0 Å². The summed E-state index contributed by atoms with van der Waals surface area (Å²) in [4.78, 5) is 23.9. The van der Waals surface area contributed by atoms with Crippen LogP contribution in [0.25, 0.3) is 10.9 Å². The van der Waals surface area contributed by atoms with Gasteiger partial charge in [-0.3, -0.25) is 9.59 Å². The third-order valence-corrected chi connectivity index (χ3v) is 3.63. The van der Waals surface area contributed by atoms with Crippen molar-refractivity contribution < 1.29 is 4.79 Å². The van der Waals surface area contributed by atoms with Crippen molar-refractivity contribution in [2.24, 2.45) is 5.92 Å². The molecule has 7 nitrogen and oxygen atoms in total. The van der Waals surface area contributed by atoms with Crippen LogP contribution in [0.1, 0.15) is 6.42 Å². The molecular weight excluding hydrogens is 306 g/mol. The van der Waals surface area contributed by atoms with E-state index in [0.717, 1.165) is 13.1 Å². The van der Waals surface area contributed by atoms with Crippen LogP contribution in [0.5, 0.6) is 0 Å². The maximum atomic E-state index is 12.2. The number of nitrogens with zero attached hydrogens (tertiary/aromatic N) is 3. The molecule has 8 heteroatoms. The summed E-state index contributed by atoms with van der Waals surface area (Å²) in [6.45, 7) is 2.83. The molecule has 1 aromatic heterocycles. The first kappa shape index (κ1) is 16.4. The zero-order valence-electron chi connectivity index (χ0n) is 12.0. The van der Waals surface area contributed by atoms with Gasteiger partial charge in [-0.1, -0.05) is 17.3 Å². The van der Waals surface area contributed by atoms with E-state index in [0.29, 0.717) is 23.4 Å². The Kier molecular flexibility index (Phi) is 5.46. The van der Waals surface area contributed by atoms with Gasteiger partial charge in [0.2, 0.25) is 5.91 Å². The summed E-state index contributed by atoms with van der Waals surface area (Å²) in [6.07, 6.45) is 0.229. The van der Waals surface area contributed by atoms with Gasteiger partial charge in [0.1, 0.15) is 5.52 Å². The third kappa shape index (κ3) is 3.61. The monoisotopic (exact) mass is 323 g/mol. The molecule has 2 aromatic rings. The number of nitrogens with one attached hydrogen (secondary N) is 2. The highest BCUT2D eigenvalue weighted by Crippen LogP contribution is 2.03. The summed E-state index contributed by atoms with van der Waals surface area (Å²) < 4.78 is 1.24. The topological polar surface area (TPSA) is 88.9 Å². The molecule has 1 aliphatic rings. The highest BCUT2D eigenvalue weighted by atomic mass is 35.5. The molecule has 0 bridgehead atoms. The van der Waals surface area contributed by atoms with Crippen LogP contribution in [0.2, 0.25) is 0 Å². The molecule has 0 saturated carbocycles. The van der Waals surface area contributed by atoms with Crippen molar-refractivity contribution in [3.8, 4) is 0 Å². The van der Waals surface area contributed by atoms with Gasteiger partial charge in [-0.15, -0.1) is 17.5 Å². The van der Waals surface area contributed by atoms with Crippen LogP contribution in [0.4, 0.5) is 0 Å². The largest absolute Gasteiger partial charge is 0.356 e. The number of hydrogen-bond acceptors (Lipinski definition) is 5. The second-order valence-corrected chi connectivity index (χ2v) is 5.21. The molecule has 1 aliphatic heterocycles. The zero-order chi connectivity index (χ0) is 14.7. The lowest BCUT2D eigenvalue weighted by atomic mass is 10.0. The fraction of sp³-hybridized carbons (Fsp3) is 0.429. The van der Waals surface area contributed by atoms with Crippen molar-refractivity contribution in [1.82, 2.24) is 25.6 Å². The van der Waals surface area contributed by atoms with Crippen LogP contribution in [-0.2, 0) is 11.3 Å². The van der Waals surface area contributed by atoms with E-state index in [1.807, 2.05) is 6.07 Å². The Balaban J connectivity index is 0.00000176. The number of aryl methyl sites for hydroxylation is 1. The van der Waals surface area contributed by atoms with Gasteiger partial charge >= 0.3 is 0 Å². The predicted octanol–water partition coefficient (Wildman–Crippen LogP) is -0.0610. The van der Waals surface area contributed by atoms with Gasteiger partial charge < -0.3 is 10.6 Å². The molecule has 0 radical (unpaired) electrons. The number of carbonyl (C=O) groups is 1. The maximum Gasteiger partial charge on any atom is 0.277 e.